The minimum atomic E-state index is -4.17. The Morgan fingerprint density at radius 2 is 1.85 bits per heavy atom. The van der Waals surface area contributed by atoms with Gasteiger partial charge < -0.3 is 24.2 Å². The molecule has 1 saturated heterocycles. The number of nitrogens with zero attached hydrogens (tertiary/aromatic N) is 1. The van der Waals surface area contributed by atoms with E-state index in [0.717, 1.165) is 0 Å². The number of pyridine rings is 1. The second-order valence-corrected chi connectivity index (χ2v) is 10.2. The van der Waals surface area contributed by atoms with E-state index in [2.05, 4.69) is 10.1 Å². The number of hydrogen-bond acceptors (Lipinski definition) is 9. The van der Waals surface area contributed by atoms with E-state index in [4.69, 9.17) is 18.5 Å². The molecule has 1 aromatic carbocycles. The number of aliphatic hydroxyl groups excluding tert-OH is 2. The van der Waals surface area contributed by atoms with Crippen LogP contribution in [0.15, 0.2) is 54.7 Å². The lowest BCUT2D eigenvalue weighted by Gasteiger charge is -2.30. The van der Waals surface area contributed by atoms with Crippen molar-refractivity contribution in [2.24, 2.45) is 0 Å². The Labute approximate surface area is 198 Å². The molecule has 0 radical (unpaired) electrons. The fraction of sp³-hybridized carbons (Fsp3) is 0.478. The number of benzene rings is 1. The molecule has 1 aliphatic rings. The molecule has 0 saturated carbocycles. The van der Waals surface area contributed by atoms with Crippen LogP contribution in [-0.4, -0.2) is 57.7 Å². The van der Waals surface area contributed by atoms with E-state index in [1.165, 1.54) is 13.8 Å². The maximum atomic E-state index is 13.6. The van der Waals surface area contributed by atoms with Gasteiger partial charge in [-0.15, -0.1) is 0 Å². The lowest BCUT2D eigenvalue weighted by Crippen LogP contribution is -2.45. The van der Waals surface area contributed by atoms with Crippen LogP contribution in [0.25, 0.3) is 0 Å². The first-order valence-electron chi connectivity index (χ1n) is 11.0. The Morgan fingerprint density at radius 1 is 1.18 bits per heavy atom. The molecule has 3 rings (SSSR count). The minimum Gasteiger partial charge on any atom is -0.462 e. The monoisotopic (exact) mass is 494 g/mol. The summed E-state index contributed by atoms with van der Waals surface area (Å²) < 4.78 is 36.0. The van der Waals surface area contributed by atoms with E-state index < -0.39 is 50.3 Å². The molecule has 1 aromatic heterocycles. The first kappa shape index (κ1) is 26.3. The normalized spacial score (nSPS) is 27.2. The number of hydrogen-bond donors (Lipinski definition) is 3. The van der Waals surface area contributed by atoms with Gasteiger partial charge >= 0.3 is 13.7 Å². The van der Waals surface area contributed by atoms with Crippen molar-refractivity contribution in [3.63, 3.8) is 0 Å². The number of rotatable bonds is 10. The van der Waals surface area contributed by atoms with Crippen molar-refractivity contribution in [1.82, 2.24) is 10.1 Å². The van der Waals surface area contributed by atoms with Gasteiger partial charge in [0, 0.05) is 6.20 Å². The zero-order valence-electron chi connectivity index (χ0n) is 19.5. The summed E-state index contributed by atoms with van der Waals surface area (Å²) in [5.41, 5.74) is -1.01. The van der Waals surface area contributed by atoms with Crippen LogP contribution in [-0.2, 0) is 23.4 Å². The third-order valence-electron chi connectivity index (χ3n) is 5.18. The van der Waals surface area contributed by atoms with E-state index in [-0.39, 0.29) is 11.9 Å². The molecule has 186 valence electrons. The third-order valence-corrected chi connectivity index (χ3v) is 6.81. The van der Waals surface area contributed by atoms with Crippen LogP contribution in [0.4, 0.5) is 0 Å². The molecule has 2 aromatic rings. The average molecular weight is 494 g/mol. The van der Waals surface area contributed by atoms with E-state index in [1.807, 2.05) is 0 Å². The largest absolute Gasteiger partial charge is 0.462 e. The van der Waals surface area contributed by atoms with Crippen molar-refractivity contribution in [1.29, 1.82) is 0 Å². The predicted molar refractivity (Wildman–Crippen MR) is 123 cm³/mol. The molecular weight excluding hydrogens is 463 g/mol. The van der Waals surface area contributed by atoms with Gasteiger partial charge in [-0.2, -0.15) is 5.09 Å². The van der Waals surface area contributed by atoms with E-state index in [0.29, 0.717) is 5.69 Å². The van der Waals surface area contributed by atoms with E-state index in [9.17, 15) is 19.6 Å². The Balaban J connectivity index is 1.77. The highest BCUT2D eigenvalue weighted by Gasteiger charge is 2.53. The number of carbonyl (C=O) groups excluding carboxylic acids is 1. The molecule has 1 fully saturated rings. The van der Waals surface area contributed by atoms with Crippen LogP contribution in [0.5, 0.6) is 5.75 Å². The predicted octanol–water partition coefficient (Wildman–Crippen LogP) is 2.77. The molecule has 11 heteroatoms. The number of aromatic nitrogens is 1. The molecule has 3 N–H and O–H groups in total. The van der Waals surface area contributed by atoms with Gasteiger partial charge in [-0.1, -0.05) is 24.3 Å². The second kappa shape index (κ2) is 10.9. The summed E-state index contributed by atoms with van der Waals surface area (Å²) in [7, 11) is -4.17. The number of nitrogens with one attached hydrogen (secondary N) is 1. The highest BCUT2D eigenvalue weighted by atomic mass is 31.2. The van der Waals surface area contributed by atoms with Gasteiger partial charge in [0.05, 0.1) is 18.4 Å². The summed E-state index contributed by atoms with van der Waals surface area (Å²) in [6, 6.07) is 12.4. The number of para-hydroxylation sites is 1. The summed E-state index contributed by atoms with van der Waals surface area (Å²) in [6.45, 7) is 5.97. The second-order valence-electron chi connectivity index (χ2n) is 8.55. The Kier molecular flexibility index (Phi) is 8.46. The zero-order valence-corrected chi connectivity index (χ0v) is 20.4. The first-order chi connectivity index (χ1) is 16.0. The lowest BCUT2D eigenvalue weighted by atomic mass is 9.97. The Hall–Kier alpha value is -2.33. The standard InChI is InChI=1S/C23H31N2O8P/c1-15(2)31-22(28)16(3)25-34(29,33-17-10-6-5-7-11-17)30-14-23(4)21(27)19(26)20(32-23)18-12-8-9-13-24-18/h5-13,15-16,19-21,26-27H,14H2,1-4H3,(H,25,29)/t16-,19-,20?,21-,23?,34?/m0/s1. The quantitative estimate of drug-likeness (QED) is 0.334. The van der Waals surface area contributed by atoms with Crippen LogP contribution in [0, 0.1) is 0 Å². The van der Waals surface area contributed by atoms with Gasteiger partial charge in [-0.3, -0.25) is 14.3 Å². The molecule has 3 unspecified atom stereocenters. The molecule has 1 aliphatic heterocycles. The molecule has 0 bridgehead atoms. The van der Waals surface area contributed by atoms with Crippen LogP contribution in [0.1, 0.15) is 39.5 Å². The fourth-order valence-corrected chi connectivity index (χ4v) is 4.99. The maximum Gasteiger partial charge on any atom is 0.459 e. The van der Waals surface area contributed by atoms with Crippen molar-refractivity contribution < 1.29 is 38.1 Å². The van der Waals surface area contributed by atoms with Crippen LogP contribution in [0.2, 0.25) is 0 Å². The van der Waals surface area contributed by atoms with Crippen LogP contribution in [0.3, 0.4) is 0 Å². The van der Waals surface area contributed by atoms with Crippen LogP contribution >= 0.6 is 7.75 Å². The van der Waals surface area contributed by atoms with Crippen molar-refractivity contribution >= 4 is 13.7 Å². The SMILES string of the molecule is CC(C)OC(=O)[C@H](C)NP(=O)(OCC1(C)OC(c2ccccn2)[C@H](O)[C@@H]1O)Oc1ccccc1. The smallest absolute Gasteiger partial charge is 0.459 e. The number of ether oxygens (including phenoxy) is 2. The van der Waals surface area contributed by atoms with E-state index in [1.54, 1.807) is 68.6 Å². The maximum absolute atomic E-state index is 13.6. The van der Waals surface area contributed by atoms with Gasteiger partial charge in [0.25, 0.3) is 0 Å². The average Bonchev–Trinajstić information content (AvgIpc) is 3.03. The number of aliphatic hydroxyl groups is 2. The van der Waals surface area contributed by atoms with Gasteiger partial charge in [0.2, 0.25) is 0 Å². The summed E-state index contributed by atoms with van der Waals surface area (Å²) in [6.07, 6.45) is -2.38. The Morgan fingerprint density at radius 3 is 2.47 bits per heavy atom. The number of esters is 1. The summed E-state index contributed by atoms with van der Waals surface area (Å²) in [5, 5.41) is 23.8. The van der Waals surface area contributed by atoms with Crippen molar-refractivity contribution in [2.75, 3.05) is 6.61 Å². The Bertz CT molecular complexity index is 993. The van der Waals surface area contributed by atoms with Crippen molar-refractivity contribution in [3.8, 4) is 5.75 Å². The fourth-order valence-electron chi connectivity index (χ4n) is 3.40. The minimum absolute atomic E-state index is 0.243. The first-order valence-corrected chi connectivity index (χ1v) is 12.5. The van der Waals surface area contributed by atoms with Gasteiger partial charge in [-0.05, 0) is 52.0 Å². The summed E-state index contributed by atoms with van der Waals surface area (Å²) >= 11 is 0. The molecule has 0 amide bonds. The van der Waals surface area contributed by atoms with E-state index >= 15 is 0 Å². The molecule has 0 aliphatic carbocycles. The van der Waals surface area contributed by atoms with Gasteiger partial charge in [-0.25, -0.2) is 4.57 Å². The molecule has 0 spiro atoms. The molecule has 34 heavy (non-hydrogen) atoms. The topological polar surface area (TPSA) is 136 Å². The summed E-state index contributed by atoms with van der Waals surface area (Å²) in [4.78, 5) is 16.5. The van der Waals surface area contributed by atoms with Crippen molar-refractivity contribution in [3.05, 3.63) is 60.4 Å². The molecule has 10 nitrogen and oxygen atoms in total. The van der Waals surface area contributed by atoms with Crippen LogP contribution < -0.4 is 9.61 Å². The zero-order chi connectivity index (χ0) is 24.9. The highest BCUT2D eigenvalue weighted by Crippen LogP contribution is 2.48. The van der Waals surface area contributed by atoms with Gasteiger partial charge in [0.1, 0.15) is 35.7 Å². The molecular formula is C23H31N2O8P. The number of carbonyl (C=O) groups is 1. The highest BCUT2D eigenvalue weighted by molar-refractivity contribution is 7.52. The summed E-state index contributed by atoms with van der Waals surface area (Å²) in [5.74, 6) is -0.392. The molecule has 2 heterocycles. The molecule has 6 atom stereocenters. The van der Waals surface area contributed by atoms with Gasteiger partial charge in [0.15, 0.2) is 0 Å². The lowest BCUT2D eigenvalue weighted by molar-refractivity contribution is -0.149. The third kappa shape index (κ3) is 6.41. The van der Waals surface area contributed by atoms with Crippen molar-refractivity contribution in [2.45, 2.75) is 63.8 Å².